The predicted octanol–water partition coefficient (Wildman–Crippen LogP) is 1.84. The molecule has 0 amide bonds. The Morgan fingerprint density at radius 1 is 1.47 bits per heavy atom. The van der Waals surface area contributed by atoms with Crippen LogP contribution in [-0.4, -0.2) is 37.2 Å². The predicted molar refractivity (Wildman–Crippen MR) is 60.7 cm³/mol. The van der Waals surface area contributed by atoms with E-state index in [1.807, 2.05) is 0 Å². The van der Waals surface area contributed by atoms with Gasteiger partial charge in [0.05, 0.1) is 12.7 Å². The van der Waals surface area contributed by atoms with Gasteiger partial charge < -0.3 is 4.74 Å². The van der Waals surface area contributed by atoms with Crippen LogP contribution in [0, 0.1) is 11.8 Å². The minimum Gasteiger partial charge on any atom is -0.371 e. The molecule has 0 bridgehead atoms. The van der Waals surface area contributed by atoms with Crippen molar-refractivity contribution in [2.45, 2.75) is 19.4 Å². The molecule has 1 aliphatic heterocycles. The van der Waals surface area contributed by atoms with Gasteiger partial charge in [0.25, 0.3) is 0 Å². The van der Waals surface area contributed by atoms with Gasteiger partial charge in [-0.1, -0.05) is 25.2 Å². The molecule has 0 N–H and O–H groups in total. The van der Waals surface area contributed by atoms with E-state index >= 15 is 0 Å². The average Bonchev–Trinajstić information content (AvgIpc) is 3.07. The van der Waals surface area contributed by atoms with Gasteiger partial charge in [0.15, 0.2) is 0 Å². The van der Waals surface area contributed by atoms with Gasteiger partial charge in [0.2, 0.25) is 0 Å². The standard InChI is InChI=1S/C13H19NO/c1-2-14-5-6-15-13(9-14)11-4-3-10-7-12(10)8-11/h3-4,8,10,12-13H,2,5-7,9H2,1H3. The summed E-state index contributed by atoms with van der Waals surface area (Å²) in [4.78, 5) is 2.47. The Hall–Kier alpha value is -0.600. The Balaban J connectivity index is 1.68. The average molecular weight is 205 g/mol. The fourth-order valence-electron chi connectivity index (χ4n) is 2.59. The molecule has 0 aromatic rings. The number of ether oxygens (including phenoxy) is 1. The molecule has 0 radical (unpaired) electrons. The Morgan fingerprint density at radius 2 is 2.40 bits per heavy atom. The zero-order valence-electron chi connectivity index (χ0n) is 9.36. The van der Waals surface area contributed by atoms with Gasteiger partial charge >= 0.3 is 0 Å². The maximum absolute atomic E-state index is 5.86. The van der Waals surface area contributed by atoms with Crippen LogP contribution in [0.4, 0.5) is 0 Å². The summed E-state index contributed by atoms with van der Waals surface area (Å²) in [5.41, 5.74) is 1.42. The number of hydrogen-bond donors (Lipinski definition) is 0. The van der Waals surface area contributed by atoms with Crippen molar-refractivity contribution in [3.05, 3.63) is 23.8 Å². The van der Waals surface area contributed by atoms with Crippen molar-refractivity contribution in [2.24, 2.45) is 11.8 Å². The summed E-state index contributed by atoms with van der Waals surface area (Å²) < 4.78 is 5.86. The number of allylic oxidation sites excluding steroid dienone is 2. The second-order valence-electron chi connectivity index (χ2n) is 4.84. The second kappa shape index (κ2) is 3.76. The molecule has 0 aromatic heterocycles. The molecule has 3 aliphatic rings. The lowest BCUT2D eigenvalue weighted by atomic mass is 10.0. The van der Waals surface area contributed by atoms with E-state index in [2.05, 4.69) is 30.1 Å². The first-order valence-corrected chi connectivity index (χ1v) is 6.10. The van der Waals surface area contributed by atoms with Gasteiger partial charge in [-0.25, -0.2) is 0 Å². The molecule has 82 valence electrons. The Labute approximate surface area is 91.6 Å². The van der Waals surface area contributed by atoms with Crippen LogP contribution in [0.25, 0.3) is 0 Å². The molecular formula is C13H19NO. The number of morpholine rings is 1. The lowest BCUT2D eigenvalue weighted by Crippen LogP contribution is -2.42. The molecule has 1 heterocycles. The van der Waals surface area contributed by atoms with Crippen molar-refractivity contribution in [2.75, 3.05) is 26.2 Å². The molecule has 2 heteroatoms. The van der Waals surface area contributed by atoms with Crippen LogP contribution in [0.1, 0.15) is 13.3 Å². The fourth-order valence-corrected chi connectivity index (χ4v) is 2.59. The summed E-state index contributed by atoms with van der Waals surface area (Å²) in [6, 6.07) is 0. The van der Waals surface area contributed by atoms with E-state index in [1.165, 1.54) is 12.0 Å². The molecule has 2 nitrogen and oxygen atoms in total. The summed E-state index contributed by atoms with van der Waals surface area (Å²) in [7, 11) is 0. The van der Waals surface area contributed by atoms with E-state index in [9.17, 15) is 0 Å². The van der Waals surface area contributed by atoms with Crippen LogP contribution >= 0.6 is 0 Å². The van der Waals surface area contributed by atoms with Gasteiger partial charge in [-0.3, -0.25) is 4.90 Å². The molecule has 2 aliphatic carbocycles. The van der Waals surface area contributed by atoms with Crippen molar-refractivity contribution >= 4 is 0 Å². The van der Waals surface area contributed by atoms with Gasteiger partial charge in [-0.2, -0.15) is 0 Å². The lowest BCUT2D eigenvalue weighted by Gasteiger charge is -2.33. The minimum atomic E-state index is 0.330. The highest BCUT2D eigenvalue weighted by Gasteiger charge is 2.36. The summed E-state index contributed by atoms with van der Waals surface area (Å²) >= 11 is 0. The summed E-state index contributed by atoms with van der Waals surface area (Å²) in [5, 5.41) is 0. The highest BCUT2D eigenvalue weighted by atomic mass is 16.5. The maximum atomic E-state index is 5.86. The molecule has 15 heavy (non-hydrogen) atoms. The summed E-state index contributed by atoms with van der Waals surface area (Å²) in [6.45, 7) is 6.42. The molecular weight excluding hydrogens is 186 g/mol. The zero-order valence-corrected chi connectivity index (χ0v) is 9.36. The third-order valence-electron chi connectivity index (χ3n) is 3.80. The van der Waals surface area contributed by atoms with Crippen LogP contribution in [-0.2, 0) is 4.74 Å². The van der Waals surface area contributed by atoms with Crippen LogP contribution < -0.4 is 0 Å². The first-order chi connectivity index (χ1) is 7.36. The van der Waals surface area contributed by atoms with E-state index < -0.39 is 0 Å². The van der Waals surface area contributed by atoms with Gasteiger partial charge in [0.1, 0.15) is 0 Å². The number of likely N-dealkylation sites (N-methyl/N-ethyl adjacent to an activating group) is 1. The van der Waals surface area contributed by atoms with E-state index in [0.717, 1.165) is 38.1 Å². The molecule has 0 spiro atoms. The second-order valence-corrected chi connectivity index (χ2v) is 4.84. The SMILES string of the molecule is CCN1CCOC(C2=CC3CC3C=C2)C1. The highest BCUT2D eigenvalue weighted by molar-refractivity contribution is 5.33. The van der Waals surface area contributed by atoms with Gasteiger partial charge in [-0.05, 0) is 30.4 Å². The van der Waals surface area contributed by atoms with Crippen LogP contribution in [0.3, 0.4) is 0 Å². The number of hydrogen-bond acceptors (Lipinski definition) is 2. The first kappa shape index (κ1) is 9.61. The summed E-state index contributed by atoms with van der Waals surface area (Å²) in [6.07, 6.45) is 8.79. The highest BCUT2D eigenvalue weighted by Crippen LogP contribution is 2.45. The van der Waals surface area contributed by atoms with Crippen LogP contribution in [0.2, 0.25) is 0 Å². The monoisotopic (exact) mass is 205 g/mol. The minimum absolute atomic E-state index is 0.330. The zero-order chi connectivity index (χ0) is 10.3. The Morgan fingerprint density at radius 3 is 3.20 bits per heavy atom. The number of nitrogens with zero attached hydrogens (tertiary/aromatic N) is 1. The molecule has 3 rings (SSSR count). The molecule has 2 fully saturated rings. The third kappa shape index (κ3) is 1.88. The van der Waals surface area contributed by atoms with Crippen molar-refractivity contribution in [3.8, 4) is 0 Å². The lowest BCUT2D eigenvalue weighted by molar-refractivity contribution is -0.00569. The molecule has 3 atom stereocenters. The van der Waals surface area contributed by atoms with Gasteiger partial charge in [0, 0.05) is 13.1 Å². The van der Waals surface area contributed by atoms with Crippen LogP contribution in [0.5, 0.6) is 0 Å². The first-order valence-electron chi connectivity index (χ1n) is 6.10. The number of rotatable bonds is 2. The summed E-state index contributed by atoms with van der Waals surface area (Å²) in [5.74, 6) is 1.70. The quantitative estimate of drug-likeness (QED) is 0.682. The van der Waals surface area contributed by atoms with Crippen LogP contribution in [0.15, 0.2) is 23.8 Å². The normalized spacial score (nSPS) is 39.8. The Kier molecular flexibility index (Phi) is 2.41. The van der Waals surface area contributed by atoms with Crippen molar-refractivity contribution in [1.29, 1.82) is 0 Å². The van der Waals surface area contributed by atoms with E-state index in [4.69, 9.17) is 4.74 Å². The third-order valence-corrected chi connectivity index (χ3v) is 3.80. The van der Waals surface area contributed by atoms with E-state index in [-0.39, 0.29) is 0 Å². The van der Waals surface area contributed by atoms with E-state index in [1.54, 1.807) is 0 Å². The Bertz CT molecular complexity index is 308. The topological polar surface area (TPSA) is 12.5 Å². The molecule has 3 unspecified atom stereocenters. The largest absolute Gasteiger partial charge is 0.371 e. The molecule has 1 saturated carbocycles. The smallest absolute Gasteiger partial charge is 0.0949 e. The maximum Gasteiger partial charge on any atom is 0.0949 e. The van der Waals surface area contributed by atoms with Crippen molar-refractivity contribution in [1.82, 2.24) is 4.90 Å². The number of fused-ring (bicyclic) bond motifs is 1. The van der Waals surface area contributed by atoms with E-state index in [0.29, 0.717) is 6.10 Å². The van der Waals surface area contributed by atoms with Gasteiger partial charge in [-0.15, -0.1) is 0 Å². The van der Waals surface area contributed by atoms with Crippen molar-refractivity contribution < 1.29 is 4.74 Å². The molecule has 0 aromatic carbocycles. The molecule has 1 saturated heterocycles. The van der Waals surface area contributed by atoms with Crippen molar-refractivity contribution in [3.63, 3.8) is 0 Å². The fraction of sp³-hybridized carbons (Fsp3) is 0.692.